The Morgan fingerprint density at radius 1 is 1.53 bits per heavy atom. The van der Waals surface area contributed by atoms with Gasteiger partial charge in [0.15, 0.2) is 0 Å². The molecule has 1 atom stereocenters. The van der Waals surface area contributed by atoms with Crippen LogP contribution in [0.5, 0.6) is 0 Å². The minimum absolute atomic E-state index is 0. The lowest BCUT2D eigenvalue weighted by Crippen LogP contribution is -2.35. The second-order valence-electron chi connectivity index (χ2n) is 3.42. The molecule has 2 N–H and O–H groups in total. The highest BCUT2D eigenvalue weighted by Crippen LogP contribution is 2.23. The van der Waals surface area contributed by atoms with E-state index in [1.165, 1.54) is 12.7 Å². The van der Waals surface area contributed by atoms with E-state index in [1.54, 1.807) is 6.07 Å². The zero-order valence-electron chi connectivity index (χ0n) is 8.27. The third-order valence-electron chi connectivity index (χ3n) is 2.56. The van der Waals surface area contributed by atoms with Gasteiger partial charge in [-0.05, 0) is 12.8 Å². The van der Waals surface area contributed by atoms with Crippen molar-refractivity contribution in [2.45, 2.75) is 18.9 Å². The molecule has 0 spiro atoms. The van der Waals surface area contributed by atoms with Crippen molar-refractivity contribution < 1.29 is 0 Å². The number of nitrogens with zero attached hydrogens (tertiary/aromatic N) is 3. The Bertz CT molecular complexity index is 321. The standard InChI is InChI=1S/C9H13ClN4.ClH/c10-8-4-9(13-6-12-8)14-3-1-2-7(14)5-11;/h4,6-7H,1-3,5,11H2;1H. The van der Waals surface area contributed by atoms with Crippen molar-refractivity contribution >= 4 is 29.8 Å². The van der Waals surface area contributed by atoms with E-state index in [4.69, 9.17) is 17.3 Å². The molecule has 1 aliphatic heterocycles. The van der Waals surface area contributed by atoms with Gasteiger partial charge in [-0.3, -0.25) is 0 Å². The van der Waals surface area contributed by atoms with Gasteiger partial charge in [-0.25, -0.2) is 9.97 Å². The molecule has 1 aliphatic rings. The fraction of sp³-hybridized carbons (Fsp3) is 0.556. The van der Waals surface area contributed by atoms with E-state index < -0.39 is 0 Å². The van der Waals surface area contributed by atoms with E-state index >= 15 is 0 Å². The van der Waals surface area contributed by atoms with Gasteiger partial charge in [0.1, 0.15) is 17.3 Å². The maximum absolute atomic E-state index is 5.81. The van der Waals surface area contributed by atoms with Gasteiger partial charge in [0.05, 0.1) is 0 Å². The minimum atomic E-state index is 0. The van der Waals surface area contributed by atoms with Crippen LogP contribution in [0.3, 0.4) is 0 Å². The van der Waals surface area contributed by atoms with E-state index in [2.05, 4.69) is 14.9 Å². The second kappa shape index (κ2) is 5.49. The SMILES string of the molecule is Cl.NCC1CCCN1c1cc(Cl)ncn1. The zero-order chi connectivity index (χ0) is 9.97. The number of hydrogen-bond acceptors (Lipinski definition) is 4. The van der Waals surface area contributed by atoms with Gasteiger partial charge in [-0.1, -0.05) is 11.6 Å². The molecule has 2 heterocycles. The first kappa shape index (κ1) is 12.5. The molecule has 4 nitrogen and oxygen atoms in total. The van der Waals surface area contributed by atoms with E-state index in [-0.39, 0.29) is 12.4 Å². The lowest BCUT2D eigenvalue weighted by Gasteiger charge is -2.24. The Morgan fingerprint density at radius 2 is 2.33 bits per heavy atom. The van der Waals surface area contributed by atoms with E-state index in [9.17, 15) is 0 Å². The molecule has 0 saturated carbocycles. The summed E-state index contributed by atoms with van der Waals surface area (Å²) in [7, 11) is 0. The molecule has 1 saturated heterocycles. The van der Waals surface area contributed by atoms with Crippen LogP contribution in [0, 0.1) is 0 Å². The van der Waals surface area contributed by atoms with Gasteiger partial charge in [0.25, 0.3) is 0 Å². The Kier molecular flexibility index (Phi) is 4.57. The third kappa shape index (κ3) is 2.71. The first-order chi connectivity index (χ1) is 6.81. The highest BCUT2D eigenvalue weighted by Gasteiger charge is 2.24. The zero-order valence-corrected chi connectivity index (χ0v) is 9.84. The molecule has 1 unspecified atom stereocenters. The molecular formula is C9H14Cl2N4. The summed E-state index contributed by atoms with van der Waals surface area (Å²) in [5.74, 6) is 0.887. The Balaban J connectivity index is 0.00000112. The number of rotatable bonds is 2. The maximum atomic E-state index is 5.81. The van der Waals surface area contributed by atoms with Crippen LogP contribution in [0.1, 0.15) is 12.8 Å². The van der Waals surface area contributed by atoms with Crippen LogP contribution in [-0.2, 0) is 0 Å². The van der Waals surface area contributed by atoms with Crippen molar-refractivity contribution in [1.29, 1.82) is 0 Å². The lowest BCUT2D eigenvalue weighted by atomic mass is 10.2. The van der Waals surface area contributed by atoms with Crippen LogP contribution in [0.2, 0.25) is 5.15 Å². The van der Waals surface area contributed by atoms with Crippen molar-refractivity contribution in [3.05, 3.63) is 17.5 Å². The molecule has 6 heteroatoms. The summed E-state index contributed by atoms with van der Waals surface area (Å²) in [6.07, 6.45) is 3.80. The van der Waals surface area contributed by atoms with Crippen molar-refractivity contribution in [3.63, 3.8) is 0 Å². The monoisotopic (exact) mass is 248 g/mol. The molecule has 1 aromatic rings. The molecule has 15 heavy (non-hydrogen) atoms. The predicted molar refractivity (Wildman–Crippen MR) is 63.7 cm³/mol. The topological polar surface area (TPSA) is 55.0 Å². The van der Waals surface area contributed by atoms with Crippen molar-refractivity contribution in [2.75, 3.05) is 18.0 Å². The summed E-state index contributed by atoms with van der Waals surface area (Å²) in [4.78, 5) is 10.3. The van der Waals surface area contributed by atoms with Crippen molar-refractivity contribution in [3.8, 4) is 0 Å². The minimum Gasteiger partial charge on any atom is -0.352 e. The molecule has 0 radical (unpaired) electrons. The van der Waals surface area contributed by atoms with Crippen LogP contribution >= 0.6 is 24.0 Å². The molecular weight excluding hydrogens is 235 g/mol. The number of aromatic nitrogens is 2. The van der Waals surface area contributed by atoms with Crippen LogP contribution in [0.25, 0.3) is 0 Å². The lowest BCUT2D eigenvalue weighted by molar-refractivity contribution is 0.671. The number of halogens is 2. The summed E-state index contributed by atoms with van der Waals surface area (Å²) in [5.41, 5.74) is 5.68. The highest BCUT2D eigenvalue weighted by molar-refractivity contribution is 6.29. The molecule has 1 aromatic heterocycles. The van der Waals surface area contributed by atoms with Crippen molar-refractivity contribution in [1.82, 2.24) is 9.97 Å². The quantitative estimate of drug-likeness (QED) is 0.806. The van der Waals surface area contributed by atoms with Crippen LogP contribution in [0.4, 0.5) is 5.82 Å². The Hall–Kier alpha value is -0.580. The van der Waals surface area contributed by atoms with Gasteiger partial charge < -0.3 is 10.6 Å². The normalized spacial score (nSPS) is 20.1. The first-order valence-electron chi connectivity index (χ1n) is 4.75. The molecule has 0 aliphatic carbocycles. The van der Waals surface area contributed by atoms with Crippen LogP contribution < -0.4 is 10.6 Å². The predicted octanol–water partition coefficient (Wildman–Crippen LogP) is 1.48. The maximum Gasteiger partial charge on any atom is 0.134 e. The second-order valence-corrected chi connectivity index (χ2v) is 3.81. The summed E-state index contributed by atoms with van der Waals surface area (Å²) in [5, 5.41) is 0.484. The Morgan fingerprint density at radius 3 is 3.00 bits per heavy atom. The Labute approximate surface area is 100 Å². The van der Waals surface area contributed by atoms with Gasteiger partial charge in [0.2, 0.25) is 0 Å². The smallest absolute Gasteiger partial charge is 0.134 e. The van der Waals surface area contributed by atoms with Gasteiger partial charge in [-0.15, -0.1) is 12.4 Å². The molecule has 2 rings (SSSR count). The van der Waals surface area contributed by atoms with Gasteiger partial charge >= 0.3 is 0 Å². The largest absolute Gasteiger partial charge is 0.352 e. The summed E-state index contributed by atoms with van der Waals surface area (Å²) >= 11 is 5.81. The van der Waals surface area contributed by atoms with E-state index in [0.29, 0.717) is 17.7 Å². The molecule has 1 fully saturated rings. The average molecular weight is 249 g/mol. The van der Waals surface area contributed by atoms with E-state index in [0.717, 1.165) is 18.8 Å². The third-order valence-corrected chi connectivity index (χ3v) is 2.77. The summed E-state index contributed by atoms with van der Waals surface area (Å²) in [6.45, 7) is 1.68. The molecule has 0 amide bonds. The summed E-state index contributed by atoms with van der Waals surface area (Å²) in [6, 6.07) is 2.19. The average Bonchev–Trinajstić information content (AvgIpc) is 2.65. The molecule has 0 aromatic carbocycles. The van der Waals surface area contributed by atoms with Crippen LogP contribution in [0.15, 0.2) is 12.4 Å². The number of hydrogen-bond donors (Lipinski definition) is 1. The van der Waals surface area contributed by atoms with Crippen LogP contribution in [-0.4, -0.2) is 29.1 Å². The van der Waals surface area contributed by atoms with Gasteiger partial charge in [-0.2, -0.15) is 0 Å². The summed E-state index contributed by atoms with van der Waals surface area (Å²) < 4.78 is 0. The first-order valence-corrected chi connectivity index (χ1v) is 5.13. The molecule has 0 bridgehead atoms. The highest BCUT2D eigenvalue weighted by atomic mass is 35.5. The molecule has 84 valence electrons. The fourth-order valence-corrected chi connectivity index (χ4v) is 2.00. The van der Waals surface area contributed by atoms with Crippen molar-refractivity contribution in [2.24, 2.45) is 5.73 Å². The fourth-order valence-electron chi connectivity index (χ4n) is 1.86. The van der Waals surface area contributed by atoms with E-state index in [1.807, 2.05) is 0 Å². The number of nitrogens with two attached hydrogens (primary N) is 1. The number of anilines is 1. The van der Waals surface area contributed by atoms with Gasteiger partial charge in [0, 0.05) is 25.2 Å².